The highest BCUT2D eigenvalue weighted by molar-refractivity contribution is 7.12. The number of pyridine rings is 1. The Bertz CT molecular complexity index is 1130. The number of rotatable bonds is 8. The van der Waals surface area contributed by atoms with Gasteiger partial charge in [-0.3, -0.25) is 14.6 Å². The normalized spacial score (nSPS) is 13.6. The van der Waals surface area contributed by atoms with Gasteiger partial charge < -0.3 is 19.9 Å². The van der Waals surface area contributed by atoms with Crippen molar-refractivity contribution in [2.24, 2.45) is 0 Å². The van der Waals surface area contributed by atoms with Gasteiger partial charge in [0.15, 0.2) is 11.5 Å². The molecule has 3 aromatic rings. The number of ether oxygens (including phenoxy) is 1. The van der Waals surface area contributed by atoms with E-state index in [1.165, 1.54) is 11.3 Å². The smallest absolute Gasteiger partial charge is 0.271 e. The second-order valence-corrected chi connectivity index (χ2v) is 8.77. The number of hydrogen-bond donors (Lipinski definition) is 1. The van der Waals surface area contributed by atoms with Crippen LogP contribution in [0.15, 0.2) is 42.0 Å². The molecule has 1 saturated heterocycles. The Kier molecular flexibility index (Phi) is 7.69. The predicted octanol–water partition coefficient (Wildman–Crippen LogP) is 3.10. The maximum absolute atomic E-state index is 13.1. The quantitative estimate of drug-likeness (QED) is 0.529. The van der Waals surface area contributed by atoms with Crippen LogP contribution in [-0.4, -0.2) is 71.2 Å². The van der Waals surface area contributed by atoms with Crippen LogP contribution >= 0.6 is 11.3 Å². The second kappa shape index (κ2) is 11.1. The van der Waals surface area contributed by atoms with E-state index in [0.717, 1.165) is 17.5 Å². The summed E-state index contributed by atoms with van der Waals surface area (Å²) < 4.78 is 5.53. The number of nitrogens with one attached hydrogen (secondary N) is 1. The molecule has 2 amide bonds. The van der Waals surface area contributed by atoms with Crippen LogP contribution in [0.1, 0.15) is 40.4 Å². The summed E-state index contributed by atoms with van der Waals surface area (Å²) in [6.45, 7) is 7.61. The van der Waals surface area contributed by atoms with E-state index < -0.39 is 0 Å². The zero-order valence-electron chi connectivity index (χ0n) is 19.4. The fraction of sp³-hybridized carbons (Fsp3) is 0.375. The molecule has 10 heteroatoms. The van der Waals surface area contributed by atoms with Crippen molar-refractivity contribution in [1.29, 1.82) is 0 Å². The SMILES string of the molecule is CCCNC(=O)c1ccc(N2CCN(C(=O)c3cc(-c4cncc(OCC)c4)cs3)CC2)nn1. The first-order chi connectivity index (χ1) is 16.6. The third-order valence-electron chi connectivity index (χ3n) is 5.48. The van der Waals surface area contributed by atoms with E-state index in [2.05, 4.69) is 25.4 Å². The van der Waals surface area contributed by atoms with Gasteiger partial charge in [-0.1, -0.05) is 6.92 Å². The van der Waals surface area contributed by atoms with Gasteiger partial charge >= 0.3 is 0 Å². The monoisotopic (exact) mass is 480 g/mol. The number of hydrogen-bond acceptors (Lipinski definition) is 8. The average Bonchev–Trinajstić information content (AvgIpc) is 3.38. The summed E-state index contributed by atoms with van der Waals surface area (Å²) in [7, 11) is 0. The van der Waals surface area contributed by atoms with Gasteiger partial charge in [0.25, 0.3) is 11.8 Å². The Balaban J connectivity index is 1.34. The number of nitrogens with zero attached hydrogens (tertiary/aromatic N) is 5. The number of carbonyl (C=O) groups excluding carboxylic acids is 2. The van der Waals surface area contributed by atoms with Gasteiger partial charge in [0.05, 0.1) is 17.7 Å². The number of anilines is 1. The number of piperazine rings is 1. The van der Waals surface area contributed by atoms with Crippen molar-refractivity contribution in [2.45, 2.75) is 20.3 Å². The Hall–Kier alpha value is -3.53. The van der Waals surface area contributed by atoms with Gasteiger partial charge in [-0.05, 0) is 48.6 Å². The molecule has 4 rings (SSSR count). The van der Waals surface area contributed by atoms with E-state index in [4.69, 9.17) is 4.74 Å². The maximum atomic E-state index is 13.1. The summed E-state index contributed by atoms with van der Waals surface area (Å²) in [5, 5.41) is 13.0. The van der Waals surface area contributed by atoms with E-state index in [0.29, 0.717) is 61.5 Å². The van der Waals surface area contributed by atoms with Gasteiger partial charge in [0, 0.05) is 44.5 Å². The summed E-state index contributed by atoms with van der Waals surface area (Å²) >= 11 is 1.44. The lowest BCUT2D eigenvalue weighted by Crippen LogP contribution is -2.49. The number of carbonyl (C=O) groups is 2. The van der Waals surface area contributed by atoms with Crippen molar-refractivity contribution in [3.63, 3.8) is 0 Å². The Morgan fingerprint density at radius 2 is 1.88 bits per heavy atom. The highest BCUT2D eigenvalue weighted by Gasteiger charge is 2.24. The first-order valence-electron chi connectivity index (χ1n) is 11.4. The summed E-state index contributed by atoms with van der Waals surface area (Å²) in [6.07, 6.45) is 4.33. The number of amides is 2. The minimum atomic E-state index is -0.216. The summed E-state index contributed by atoms with van der Waals surface area (Å²) in [5.41, 5.74) is 2.19. The largest absolute Gasteiger partial charge is 0.492 e. The van der Waals surface area contributed by atoms with Gasteiger partial charge in [-0.25, -0.2) is 0 Å². The van der Waals surface area contributed by atoms with Crippen LogP contribution in [0.2, 0.25) is 0 Å². The Labute approximate surface area is 202 Å². The molecule has 1 N–H and O–H groups in total. The summed E-state index contributed by atoms with van der Waals surface area (Å²) in [4.78, 5) is 33.9. The predicted molar refractivity (Wildman–Crippen MR) is 131 cm³/mol. The molecule has 1 aliphatic rings. The van der Waals surface area contributed by atoms with Crippen molar-refractivity contribution >= 4 is 29.0 Å². The molecule has 3 aromatic heterocycles. The molecule has 0 aromatic carbocycles. The molecule has 0 bridgehead atoms. The third-order valence-corrected chi connectivity index (χ3v) is 6.40. The lowest BCUT2D eigenvalue weighted by molar-refractivity contribution is 0.0751. The molecule has 34 heavy (non-hydrogen) atoms. The average molecular weight is 481 g/mol. The minimum Gasteiger partial charge on any atom is -0.492 e. The maximum Gasteiger partial charge on any atom is 0.271 e. The molecule has 0 atom stereocenters. The van der Waals surface area contributed by atoms with Crippen molar-refractivity contribution < 1.29 is 14.3 Å². The second-order valence-electron chi connectivity index (χ2n) is 7.85. The Morgan fingerprint density at radius 3 is 2.59 bits per heavy atom. The fourth-order valence-electron chi connectivity index (χ4n) is 3.66. The van der Waals surface area contributed by atoms with E-state index in [1.54, 1.807) is 24.5 Å². The van der Waals surface area contributed by atoms with Gasteiger partial charge in [-0.15, -0.1) is 21.5 Å². The van der Waals surface area contributed by atoms with Crippen molar-refractivity contribution in [3.8, 4) is 16.9 Å². The minimum absolute atomic E-state index is 0.0267. The summed E-state index contributed by atoms with van der Waals surface area (Å²) in [6, 6.07) is 7.35. The van der Waals surface area contributed by atoms with Crippen LogP contribution in [0, 0.1) is 0 Å². The molecule has 9 nitrogen and oxygen atoms in total. The number of thiophene rings is 1. The third kappa shape index (κ3) is 5.51. The lowest BCUT2D eigenvalue weighted by atomic mass is 10.1. The van der Waals surface area contributed by atoms with Crippen molar-refractivity contribution in [3.05, 3.63) is 52.6 Å². The zero-order chi connectivity index (χ0) is 23.9. The molecule has 0 unspecified atom stereocenters. The highest BCUT2D eigenvalue weighted by Crippen LogP contribution is 2.28. The Morgan fingerprint density at radius 1 is 1.06 bits per heavy atom. The summed E-state index contributed by atoms with van der Waals surface area (Å²) in [5.74, 6) is 1.23. The first kappa shape index (κ1) is 23.6. The van der Waals surface area contributed by atoms with Gasteiger partial charge in [0.1, 0.15) is 5.75 Å². The van der Waals surface area contributed by atoms with Gasteiger partial charge in [-0.2, -0.15) is 0 Å². The van der Waals surface area contributed by atoms with Gasteiger partial charge in [0.2, 0.25) is 0 Å². The molecule has 0 aliphatic carbocycles. The van der Waals surface area contributed by atoms with E-state index in [9.17, 15) is 9.59 Å². The van der Waals surface area contributed by atoms with E-state index in [1.807, 2.05) is 36.3 Å². The molecular formula is C24H28N6O3S. The highest BCUT2D eigenvalue weighted by atomic mass is 32.1. The fourth-order valence-corrected chi connectivity index (χ4v) is 4.54. The van der Waals surface area contributed by atoms with Crippen LogP contribution in [0.5, 0.6) is 5.75 Å². The molecule has 178 valence electrons. The first-order valence-corrected chi connectivity index (χ1v) is 12.3. The molecule has 0 saturated carbocycles. The van der Waals surface area contributed by atoms with E-state index in [-0.39, 0.29) is 11.8 Å². The van der Waals surface area contributed by atoms with Crippen LogP contribution in [0.25, 0.3) is 11.1 Å². The molecule has 0 spiro atoms. The molecule has 1 fully saturated rings. The van der Waals surface area contributed by atoms with E-state index >= 15 is 0 Å². The molecule has 4 heterocycles. The van der Waals surface area contributed by atoms with Crippen LogP contribution in [-0.2, 0) is 0 Å². The van der Waals surface area contributed by atoms with Crippen LogP contribution in [0.4, 0.5) is 5.82 Å². The van der Waals surface area contributed by atoms with Crippen LogP contribution < -0.4 is 15.0 Å². The topological polar surface area (TPSA) is 101 Å². The molecule has 0 radical (unpaired) electrons. The van der Waals surface area contributed by atoms with Crippen molar-refractivity contribution in [2.75, 3.05) is 44.2 Å². The molecule has 1 aliphatic heterocycles. The number of aromatic nitrogens is 3. The standard InChI is InChI=1S/C24H28N6O3S/c1-3-7-26-23(31)20-5-6-22(28-27-20)29-8-10-30(11-9-29)24(32)21-13-18(16-34-21)17-12-19(33-4-2)15-25-14-17/h5-6,12-16H,3-4,7-11H2,1-2H3,(H,26,31). The van der Waals surface area contributed by atoms with Crippen LogP contribution in [0.3, 0.4) is 0 Å². The zero-order valence-corrected chi connectivity index (χ0v) is 20.2. The molecular weight excluding hydrogens is 452 g/mol. The lowest BCUT2D eigenvalue weighted by Gasteiger charge is -2.35. The van der Waals surface area contributed by atoms with Crippen molar-refractivity contribution in [1.82, 2.24) is 25.4 Å².